The lowest BCUT2D eigenvalue weighted by molar-refractivity contribution is 0.412. The number of benzene rings is 1. The zero-order chi connectivity index (χ0) is 12.4. The number of aromatic nitrogens is 1. The molecule has 0 aliphatic rings. The van der Waals surface area contributed by atoms with E-state index in [2.05, 4.69) is 4.98 Å². The summed E-state index contributed by atoms with van der Waals surface area (Å²) in [4.78, 5) is 3.33. The Morgan fingerprint density at radius 2 is 1.88 bits per heavy atom. The SMILES string of the molecule is N#Cc1c(-c2ccccc2F)cc(O)nc1O. The van der Waals surface area contributed by atoms with E-state index in [1.807, 2.05) is 0 Å². The van der Waals surface area contributed by atoms with Crippen LogP contribution in [0.25, 0.3) is 11.1 Å². The van der Waals surface area contributed by atoms with Crippen LogP contribution in [-0.4, -0.2) is 15.2 Å². The number of nitriles is 1. The van der Waals surface area contributed by atoms with Crippen LogP contribution >= 0.6 is 0 Å². The molecule has 0 aliphatic carbocycles. The van der Waals surface area contributed by atoms with Crippen LogP contribution in [0.1, 0.15) is 5.56 Å². The van der Waals surface area contributed by atoms with Gasteiger partial charge in [0.25, 0.3) is 0 Å². The Kier molecular flexibility index (Phi) is 2.63. The van der Waals surface area contributed by atoms with Gasteiger partial charge in [-0.05, 0) is 6.07 Å². The maximum absolute atomic E-state index is 13.6. The van der Waals surface area contributed by atoms with Gasteiger partial charge in [-0.25, -0.2) is 4.39 Å². The second-order valence-electron chi connectivity index (χ2n) is 3.32. The minimum Gasteiger partial charge on any atom is -0.493 e. The Morgan fingerprint density at radius 3 is 2.53 bits per heavy atom. The van der Waals surface area contributed by atoms with Crippen LogP contribution in [0.4, 0.5) is 4.39 Å². The highest BCUT2D eigenvalue weighted by Gasteiger charge is 2.15. The molecular formula is C12H7FN2O2. The first-order chi connectivity index (χ1) is 8.13. The van der Waals surface area contributed by atoms with Crippen LogP contribution in [-0.2, 0) is 0 Å². The maximum atomic E-state index is 13.6. The van der Waals surface area contributed by atoms with Gasteiger partial charge >= 0.3 is 0 Å². The lowest BCUT2D eigenvalue weighted by Crippen LogP contribution is -1.91. The third-order valence-corrected chi connectivity index (χ3v) is 2.26. The van der Waals surface area contributed by atoms with Gasteiger partial charge in [-0.1, -0.05) is 18.2 Å². The van der Waals surface area contributed by atoms with Crippen molar-refractivity contribution in [3.05, 3.63) is 41.7 Å². The highest BCUT2D eigenvalue weighted by molar-refractivity contribution is 5.73. The van der Waals surface area contributed by atoms with Crippen molar-refractivity contribution in [1.82, 2.24) is 4.98 Å². The Morgan fingerprint density at radius 1 is 1.18 bits per heavy atom. The molecule has 0 radical (unpaired) electrons. The molecule has 0 unspecified atom stereocenters. The Bertz CT molecular complexity index is 620. The first-order valence-electron chi connectivity index (χ1n) is 4.71. The minimum atomic E-state index is -0.620. The fourth-order valence-corrected chi connectivity index (χ4v) is 1.52. The van der Waals surface area contributed by atoms with Crippen molar-refractivity contribution < 1.29 is 14.6 Å². The van der Waals surface area contributed by atoms with E-state index < -0.39 is 17.6 Å². The van der Waals surface area contributed by atoms with Gasteiger partial charge in [0.2, 0.25) is 11.8 Å². The van der Waals surface area contributed by atoms with E-state index in [1.165, 1.54) is 18.2 Å². The zero-order valence-corrected chi connectivity index (χ0v) is 8.55. The van der Waals surface area contributed by atoms with Gasteiger partial charge in [-0.2, -0.15) is 10.2 Å². The van der Waals surface area contributed by atoms with Gasteiger partial charge in [-0.15, -0.1) is 0 Å². The average molecular weight is 230 g/mol. The Balaban J connectivity index is 2.76. The van der Waals surface area contributed by atoms with E-state index in [0.29, 0.717) is 0 Å². The lowest BCUT2D eigenvalue weighted by Gasteiger charge is -2.07. The van der Waals surface area contributed by atoms with Crippen LogP contribution in [0.2, 0.25) is 0 Å². The molecule has 2 rings (SSSR count). The van der Waals surface area contributed by atoms with E-state index >= 15 is 0 Å². The van der Waals surface area contributed by atoms with Crippen molar-refractivity contribution in [3.63, 3.8) is 0 Å². The van der Waals surface area contributed by atoms with Gasteiger partial charge in [-0.3, -0.25) is 0 Å². The number of pyridine rings is 1. The predicted molar refractivity (Wildman–Crippen MR) is 57.7 cm³/mol. The Labute approximate surface area is 96.2 Å². The van der Waals surface area contributed by atoms with Crippen LogP contribution in [0, 0.1) is 17.1 Å². The second kappa shape index (κ2) is 4.10. The van der Waals surface area contributed by atoms with Crippen molar-refractivity contribution in [2.24, 2.45) is 0 Å². The number of aromatic hydroxyl groups is 2. The molecule has 84 valence electrons. The molecule has 0 amide bonds. The normalized spacial score (nSPS) is 9.88. The second-order valence-corrected chi connectivity index (χ2v) is 3.32. The maximum Gasteiger partial charge on any atom is 0.233 e. The number of halogens is 1. The number of nitrogens with zero attached hydrogens (tertiary/aromatic N) is 2. The summed E-state index contributed by atoms with van der Waals surface area (Å²) in [5.74, 6) is -1.64. The number of rotatable bonds is 1. The van der Waals surface area contributed by atoms with E-state index in [-0.39, 0.29) is 16.7 Å². The summed E-state index contributed by atoms with van der Waals surface area (Å²) in [6, 6.07) is 8.64. The summed E-state index contributed by atoms with van der Waals surface area (Å²) in [5.41, 5.74) is 0.0561. The number of hydrogen-bond acceptors (Lipinski definition) is 4. The van der Waals surface area contributed by atoms with Crippen LogP contribution in [0.15, 0.2) is 30.3 Å². The van der Waals surface area contributed by atoms with E-state index in [9.17, 15) is 14.6 Å². The van der Waals surface area contributed by atoms with Gasteiger partial charge in [0, 0.05) is 17.2 Å². The molecule has 4 nitrogen and oxygen atoms in total. The molecule has 1 aromatic carbocycles. The molecule has 17 heavy (non-hydrogen) atoms. The first kappa shape index (κ1) is 10.9. The molecule has 0 atom stereocenters. The third kappa shape index (κ3) is 1.88. The monoisotopic (exact) mass is 230 g/mol. The first-order valence-corrected chi connectivity index (χ1v) is 4.71. The molecule has 0 bridgehead atoms. The zero-order valence-electron chi connectivity index (χ0n) is 8.55. The summed E-state index contributed by atoms with van der Waals surface area (Å²) >= 11 is 0. The highest BCUT2D eigenvalue weighted by Crippen LogP contribution is 2.32. The Hall–Kier alpha value is -2.61. The molecule has 0 spiro atoms. The quantitative estimate of drug-likeness (QED) is 0.787. The van der Waals surface area contributed by atoms with Crippen molar-refractivity contribution in [1.29, 1.82) is 5.26 Å². The topological polar surface area (TPSA) is 77.1 Å². The predicted octanol–water partition coefficient (Wildman–Crippen LogP) is 2.17. The van der Waals surface area contributed by atoms with Gasteiger partial charge in [0.15, 0.2) is 0 Å². The molecule has 5 heteroatoms. The molecule has 0 saturated carbocycles. The largest absolute Gasteiger partial charge is 0.493 e. The van der Waals surface area contributed by atoms with E-state index in [0.717, 1.165) is 6.07 Å². The summed E-state index contributed by atoms with van der Waals surface area (Å²) in [6.45, 7) is 0. The fourth-order valence-electron chi connectivity index (χ4n) is 1.52. The summed E-state index contributed by atoms with van der Waals surface area (Å²) < 4.78 is 13.6. The molecule has 1 aromatic heterocycles. The minimum absolute atomic E-state index is 0.107. The molecule has 0 fully saturated rings. The van der Waals surface area contributed by atoms with E-state index in [4.69, 9.17) is 5.26 Å². The van der Waals surface area contributed by atoms with Gasteiger partial charge < -0.3 is 10.2 Å². The summed E-state index contributed by atoms with van der Waals surface area (Å²) in [6.07, 6.45) is 0. The van der Waals surface area contributed by atoms with Crippen molar-refractivity contribution in [2.45, 2.75) is 0 Å². The molecule has 1 heterocycles. The molecule has 0 aliphatic heterocycles. The van der Waals surface area contributed by atoms with Crippen LogP contribution < -0.4 is 0 Å². The van der Waals surface area contributed by atoms with Gasteiger partial charge in [0.1, 0.15) is 17.4 Å². The third-order valence-electron chi connectivity index (χ3n) is 2.26. The summed E-state index contributed by atoms with van der Waals surface area (Å²) in [5, 5.41) is 27.6. The summed E-state index contributed by atoms with van der Waals surface area (Å²) in [7, 11) is 0. The van der Waals surface area contributed by atoms with Gasteiger partial charge in [0.05, 0.1) is 0 Å². The fraction of sp³-hybridized carbons (Fsp3) is 0. The molecular weight excluding hydrogens is 223 g/mol. The smallest absolute Gasteiger partial charge is 0.233 e. The molecule has 2 aromatic rings. The molecule has 0 saturated heterocycles. The van der Waals surface area contributed by atoms with Crippen molar-refractivity contribution in [2.75, 3.05) is 0 Å². The average Bonchev–Trinajstić information content (AvgIpc) is 2.28. The van der Waals surface area contributed by atoms with Crippen molar-refractivity contribution in [3.8, 4) is 29.0 Å². The van der Waals surface area contributed by atoms with Crippen LogP contribution in [0.5, 0.6) is 11.8 Å². The molecule has 2 N–H and O–H groups in total. The van der Waals surface area contributed by atoms with E-state index in [1.54, 1.807) is 12.1 Å². The number of hydrogen-bond donors (Lipinski definition) is 2. The van der Waals surface area contributed by atoms with Crippen molar-refractivity contribution >= 4 is 0 Å². The highest BCUT2D eigenvalue weighted by atomic mass is 19.1. The lowest BCUT2D eigenvalue weighted by atomic mass is 10.0. The van der Waals surface area contributed by atoms with Crippen LogP contribution in [0.3, 0.4) is 0 Å². The standard InChI is InChI=1S/C12H7FN2O2/c13-10-4-2-1-3-7(10)8-5-11(16)15-12(17)9(8)6-14/h1-5H,(H2,15,16,17).